The van der Waals surface area contributed by atoms with Crippen molar-refractivity contribution in [3.63, 3.8) is 0 Å². The third-order valence-electron chi connectivity index (χ3n) is 2.66. The Bertz CT molecular complexity index is 426. The quantitative estimate of drug-likeness (QED) is 0.753. The van der Waals surface area contributed by atoms with Crippen LogP contribution in [0.4, 0.5) is 10.5 Å². The molecule has 1 aromatic rings. The summed E-state index contributed by atoms with van der Waals surface area (Å²) in [7, 11) is 1.55. The van der Waals surface area contributed by atoms with Crippen molar-refractivity contribution in [2.75, 3.05) is 19.0 Å². The number of carbonyl (C=O) groups excluding carboxylic acids is 1. The summed E-state index contributed by atoms with van der Waals surface area (Å²) in [6, 6.07) is 4.65. The standard InChI is InChI=1S/C13H19ClN2O3/c1-3-9(17)6-7-15-13(18)16-12-5-4-10(19-2)8-11(12)14/h4-5,8-9,17H,3,6-7H2,1-2H3,(H2,15,16,18). The third-order valence-corrected chi connectivity index (χ3v) is 2.97. The Kier molecular flexibility index (Phi) is 6.45. The summed E-state index contributed by atoms with van der Waals surface area (Å²) in [5, 5.41) is 15.0. The number of rotatable bonds is 6. The zero-order valence-corrected chi connectivity index (χ0v) is 11.8. The summed E-state index contributed by atoms with van der Waals surface area (Å²) in [6.45, 7) is 2.30. The van der Waals surface area contributed by atoms with Gasteiger partial charge in [0.2, 0.25) is 0 Å². The normalized spacial score (nSPS) is 11.8. The van der Waals surface area contributed by atoms with E-state index in [1.807, 2.05) is 6.92 Å². The molecule has 0 saturated heterocycles. The number of benzene rings is 1. The van der Waals surface area contributed by atoms with E-state index < -0.39 is 0 Å². The molecule has 1 atom stereocenters. The van der Waals surface area contributed by atoms with Crippen molar-refractivity contribution in [2.45, 2.75) is 25.9 Å². The first kappa shape index (κ1) is 15.6. The zero-order valence-electron chi connectivity index (χ0n) is 11.1. The number of aliphatic hydroxyl groups is 1. The van der Waals surface area contributed by atoms with Gasteiger partial charge in [-0.05, 0) is 25.0 Å². The molecule has 0 spiro atoms. The summed E-state index contributed by atoms with van der Waals surface area (Å²) in [5.74, 6) is 0.627. The number of halogens is 1. The van der Waals surface area contributed by atoms with E-state index in [4.69, 9.17) is 16.3 Å². The molecule has 1 aromatic carbocycles. The van der Waals surface area contributed by atoms with Gasteiger partial charge in [0.25, 0.3) is 0 Å². The molecular weight excluding hydrogens is 268 g/mol. The van der Waals surface area contributed by atoms with Crippen molar-refractivity contribution in [3.8, 4) is 5.75 Å². The van der Waals surface area contributed by atoms with Crippen molar-refractivity contribution >= 4 is 23.3 Å². The highest BCUT2D eigenvalue weighted by molar-refractivity contribution is 6.33. The molecule has 0 aliphatic carbocycles. The molecule has 1 rings (SSSR count). The monoisotopic (exact) mass is 286 g/mol. The number of amides is 2. The van der Waals surface area contributed by atoms with E-state index in [9.17, 15) is 9.90 Å². The Morgan fingerprint density at radius 2 is 2.26 bits per heavy atom. The van der Waals surface area contributed by atoms with Crippen molar-refractivity contribution in [1.29, 1.82) is 0 Å². The fourth-order valence-corrected chi connectivity index (χ4v) is 1.66. The molecular formula is C13H19ClN2O3. The zero-order chi connectivity index (χ0) is 14.3. The lowest BCUT2D eigenvalue weighted by atomic mass is 10.2. The Morgan fingerprint density at radius 3 is 2.84 bits per heavy atom. The molecule has 5 nitrogen and oxygen atoms in total. The minimum absolute atomic E-state index is 0.352. The maximum absolute atomic E-state index is 11.6. The summed E-state index contributed by atoms with van der Waals surface area (Å²) < 4.78 is 5.02. The topological polar surface area (TPSA) is 70.6 Å². The Balaban J connectivity index is 2.44. The number of anilines is 1. The highest BCUT2D eigenvalue weighted by Gasteiger charge is 2.07. The fraction of sp³-hybridized carbons (Fsp3) is 0.462. The third kappa shape index (κ3) is 5.36. The van der Waals surface area contributed by atoms with Gasteiger partial charge in [0.05, 0.1) is 23.9 Å². The summed E-state index contributed by atoms with van der Waals surface area (Å²) in [4.78, 5) is 11.6. The van der Waals surface area contributed by atoms with Crippen LogP contribution < -0.4 is 15.4 Å². The van der Waals surface area contributed by atoms with Gasteiger partial charge in [-0.3, -0.25) is 0 Å². The molecule has 0 aliphatic rings. The minimum Gasteiger partial charge on any atom is -0.497 e. The number of carbonyl (C=O) groups is 1. The molecule has 6 heteroatoms. The highest BCUT2D eigenvalue weighted by Crippen LogP contribution is 2.26. The van der Waals surface area contributed by atoms with Crippen LogP contribution in [0.15, 0.2) is 18.2 Å². The molecule has 0 aromatic heterocycles. The van der Waals surface area contributed by atoms with Crippen LogP contribution in [-0.2, 0) is 0 Å². The summed E-state index contributed by atoms with van der Waals surface area (Å²) >= 11 is 6.00. The first-order valence-corrected chi connectivity index (χ1v) is 6.51. The van der Waals surface area contributed by atoms with Crippen LogP contribution in [-0.4, -0.2) is 30.9 Å². The maximum atomic E-state index is 11.6. The largest absolute Gasteiger partial charge is 0.497 e. The number of aliphatic hydroxyl groups excluding tert-OH is 1. The van der Waals surface area contributed by atoms with Crippen molar-refractivity contribution in [1.82, 2.24) is 5.32 Å². The van der Waals surface area contributed by atoms with Gasteiger partial charge in [0.15, 0.2) is 0 Å². The maximum Gasteiger partial charge on any atom is 0.319 e. The number of ether oxygens (including phenoxy) is 1. The number of methoxy groups -OCH3 is 1. The molecule has 0 aliphatic heterocycles. The van der Waals surface area contributed by atoms with Gasteiger partial charge < -0.3 is 20.5 Å². The Hall–Kier alpha value is -1.46. The van der Waals surface area contributed by atoms with E-state index in [1.165, 1.54) is 0 Å². The number of urea groups is 1. The van der Waals surface area contributed by atoms with Crippen molar-refractivity contribution in [2.24, 2.45) is 0 Å². The highest BCUT2D eigenvalue weighted by atomic mass is 35.5. The second kappa shape index (κ2) is 7.86. The molecule has 1 unspecified atom stereocenters. The number of hydrogen-bond acceptors (Lipinski definition) is 3. The molecule has 0 fully saturated rings. The second-order valence-electron chi connectivity index (χ2n) is 4.08. The molecule has 0 radical (unpaired) electrons. The van der Waals surface area contributed by atoms with Crippen LogP contribution in [0.1, 0.15) is 19.8 Å². The van der Waals surface area contributed by atoms with Crippen molar-refractivity contribution in [3.05, 3.63) is 23.2 Å². The van der Waals surface area contributed by atoms with E-state index in [1.54, 1.807) is 25.3 Å². The van der Waals surface area contributed by atoms with E-state index in [0.29, 0.717) is 35.8 Å². The average molecular weight is 287 g/mol. The second-order valence-corrected chi connectivity index (χ2v) is 4.48. The minimum atomic E-state index is -0.384. The Morgan fingerprint density at radius 1 is 1.53 bits per heavy atom. The first-order valence-electron chi connectivity index (χ1n) is 6.13. The van der Waals surface area contributed by atoms with E-state index >= 15 is 0 Å². The molecule has 2 amide bonds. The van der Waals surface area contributed by atoms with Gasteiger partial charge in [0.1, 0.15) is 5.75 Å². The van der Waals surface area contributed by atoms with E-state index in [0.717, 1.165) is 0 Å². The van der Waals surface area contributed by atoms with Crippen LogP contribution in [0, 0.1) is 0 Å². The average Bonchev–Trinajstić information content (AvgIpc) is 2.40. The van der Waals surface area contributed by atoms with Crippen LogP contribution >= 0.6 is 11.6 Å². The van der Waals surface area contributed by atoms with Crippen LogP contribution in [0.3, 0.4) is 0 Å². The Labute approximate surface area is 117 Å². The predicted molar refractivity (Wildman–Crippen MR) is 75.9 cm³/mol. The lowest BCUT2D eigenvalue weighted by Crippen LogP contribution is -2.31. The lowest BCUT2D eigenvalue weighted by molar-refractivity contribution is 0.160. The van der Waals surface area contributed by atoms with Gasteiger partial charge in [-0.15, -0.1) is 0 Å². The molecule has 106 valence electrons. The van der Waals surface area contributed by atoms with Crippen LogP contribution in [0.25, 0.3) is 0 Å². The summed E-state index contributed by atoms with van der Waals surface area (Å²) in [5.41, 5.74) is 0.510. The smallest absolute Gasteiger partial charge is 0.319 e. The molecule has 0 bridgehead atoms. The lowest BCUT2D eigenvalue weighted by Gasteiger charge is -2.11. The van der Waals surface area contributed by atoms with Gasteiger partial charge in [-0.2, -0.15) is 0 Å². The molecule has 19 heavy (non-hydrogen) atoms. The van der Waals surface area contributed by atoms with Gasteiger partial charge in [-0.25, -0.2) is 4.79 Å². The van der Waals surface area contributed by atoms with E-state index in [2.05, 4.69) is 10.6 Å². The number of hydrogen-bond donors (Lipinski definition) is 3. The molecule has 0 saturated carbocycles. The predicted octanol–water partition coefficient (Wildman–Crippen LogP) is 2.63. The fourth-order valence-electron chi connectivity index (χ4n) is 1.45. The number of nitrogens with one attached hydrogen (secondary N) is 2. The molecule has 3 N–H and O–H groups in total. The van der Waals surface area contributed by atoms with Gasteiger partial charge in [0, 0.05) is 12.6 Å². The van der Waals surface area contributed by atoms with Gasteiger partial charge >= 0.3 is 6.03 Å². The van der Waals surface area contributed by atoms with Crippen LogP contribution in [0.2, 0.25) is 5.02 Å². The van der Waals surface area contributed by atoms with Gasteiger partial charge in [-0.1, -0.05) is 18.5 Å². The van der Waals surface area contributed by atoms with Crippen molar-refractivity contribution < 1.29 is 14.6 Å². The van der Waals surface area contributed by atoms with Crippen LogP contribution in [0.5, 0.6) is 5.75 Å². The SMILES string of the molecule is CCC(O)CCNC(=O)Nc1ccc(OC)cc1Cl. The first-order chi connectivity index (χ1) is 9.06. The van der Waals surface area contributed by atoms with E-state index in [-0.39, 0.29) is 12.1 Å². The molecule has 0 heterocycles. The summed E-state index contributed by atoms with van der Waals surface area (Å²) in [6.07, 6.45) is 0.818.